The molecule has 2 heterocycles. The summed E-state index contributed by atoms with van der Waals surface area (Å²) in [7, 11) is 0. The smallest absolute Gasteiger partial charge is 0.325 e. The minimum absolute atomic E-state index is 0.179. The first kappa shape index (κ1) is 14.3. The number of carbonyl (C=O) groups is 2. The lowest BCUT2D eigenvalue weighted by Gasteiger charge is -2.37. The number of nitrogens with zero attached hydrogens (tertiary/aromatic N) is 2. The Bertz CT molecular complexity index is 393. The largest absolute Gasteiger partial charge is 0.389 e. The van der Waals surface area contributed by atoms with Gasteiger partial charge >= 0.3 is 6.03 Å². The van der Waals surface area contributed by atoms with E-state index in [-0.39, 0.29) is 11.9 Å². The number of piperidine rings is 1. The fraction of sp³-hybridized carbons (Fsp3) is 0.846. The fourth-order valence-electron chi connectivity index (χ4n) is 2.78. The van der Waals surface area contributed by atoms with Crippen molar-refractivity contribution in [2.75, 3.05) is 26.2 Å². The van der Waals surface area contributed by atoms with Gasteiger partial charge in [0.15, 0.2) is 0 Å². The van der Waals surface area contributed by atoms with Gasteiger partial charge in [-0.1, -0.05) is 0 Å². The number of imide groups is 1. The lowest BCUT2D eigenvalue weighted by atomic mass is 9.95. The van der Waals surface area contributed by atoms with E-state index >= 15 is 0 Å². The van der Waals surface area contributed by atoms with Gasteiger partial charge in [-0.05, 0) is 40.2 Å². The number of carbonyl (C=O) groups excluding carboxylic acids is 2. The molecule has 3 amide bonds. The van der Waals surface area contributed by atoms with Crippen molar-refractivity contribution in [3.05, 3.63) is 0 Å². The molecule has 0 aromatic carbocycles. The van der Waals surface area contributed by atoms with E-state index in [1.165, 1.54) is 4.90 Å². The van der Waals surface area contributed by atoms with E-state index in [0.717, 1.165) is 19.4 Å². The third kappa shape index (κ3) is 3.06. The van der Waals surface area contributed by atoms with Gasteiger partial charge in [0.05, 0.1) is 5.60 Å². The highest BCUT2D eigenvalue weighted by Crippen LogP contribution is 2.21. The van der Waals surface area contributed by atoms with Gasteiger partial charge in [0.1, 0.15) is 5.54 Å². The number of aliphatic hydroxyl groups is 1. The van der Waals surface area contributed by atoms with Crippen LogP contribution in [0.15, 0.2) is 0 Å². The molecule has 0 bridgehead atoms. The minimum Gasteiger partial charge on any atom is -0.389 e. The maximum absolute atomic E-state index is 12.0. The average Bonchev–Trinajstić information content (AvgIpc) is 2.45. The van der Waals surface area contributed by atoms with Crippen molar-refractivity contribution in [2.24, 2.45) is 0 Å². The van der Waals surface area contributed by atoms with Gasteiger partial charge in [-0.2, -0.15) is 0 Å². The van der Waals surface area contributed by atoms with Crippen molar-refractivity contribution in [3.8, 4) is 0 Å². The Labute approximate surface area is 113 Å². The Hall–Kier alpha value is -1.14. The zero-order chi connectivity index (χ0) is 14.3. The number of β-amino-alcohol motifs (C(OH)–C–C–N with tert-alkyl or cyclic N) is 1. The van der Waals surface area contributed by atoms with E-state index < -0.39 is 11.1 Å². The maximum atomic E-state index is 12.0. The van der Waals surface area contributed by atoms with Crippen molar-refractivity contribution in [1.82, 2.24) is 15.1 Å². The van der Waals surface area contributed by atoms with Crippen molar-refractivity contribution >= 4 is 11.9 Å². The molecule has 2 saturated heterocycles. The third-order valence-corrected chi connectivity index (χ3v) is 3.84. The molecule has 0 spiro atoms. The number of hydrogen-bond donors (Lipinski definition) is 2. The van der Waals surface area contributed by atoms with Crippen LogP contribution >= 0.6 is 0 Å². The molecule has 6 heteroatoms. The quantitative estimate of drug-likeness (QED) is 0.716. The lowest BCUT2D eigenvalue weighted by Crippen LogP contribution is -2.49. The molecule has 0 aromatic rings. The summed E-state index contributed by atoms with van der Waals surface area (Å²) in [5.74, 6) is -0.179. The van der Waals surface area contributed by atoms with E-state index in [1.807, 2.05) is 6.92 Å². The number of hydrogen-bond acceptors (Lipinski definition) is 4. The molecule has 2 fully saturated rings. The second kappa shape index (κ2) is 4.76. The topological polar surface area (TPSA) is 72.9 Å². The number of amides is 3. The van der Waals surface area contributed by atoms with Gasteiger partial charge in [-0.25, -0.2) is 4.79 Å². The molecule has 6 nitrogen and oxygen atoms in total. The maximum Gasteiger partial charge on any atom is 0.325 e. The number of likely N-dealkylation sites (tertiary alicyclic amines) is 1. The van der Waals surface area contributed by atoms with Crippen LogP contribution in [0.3, 0.4) is 0 Å². The van der Waals surface area contributed by atoms with Crippen LogP contribution in [-0.4, -0.2) is 64.2 Å². The highest BCUT2D eigenvalue weighted by molar-refractivity contribution is 6.06. The normalized spacial score (nSPS) is 31.7. The van der Waals surface area contributed by atoms with Gasteiger partial charge in [-0.3, -0.25) is 14.6 Å². The van der Waals surface area contributed by atoms with Crippen LogP contribution in [0.25, 0.3) is 0 Å². The Kier molecular flexibility index (Phi) is 3.57. The summed E-state index contributed by atoms with van der Waals surface area (Å²) in [6.07, 6.45) is 1.75. The Morgan fingerprint density at radius 1 is 1.26 bits per heavy atom. The first-order chi connectivity index (χ1) is 8.71. The number of nitrogens with one attached hydrogen (secondary N) is 1. The van der Waals surface area contributed by atoms with Crippen LogP contribution in [-0.2, 0) is 4.79 Å². The Balaban J connectivity index is 1.89. The highest BCUT2D eigenvalue weighted by atomic mass is 16.3. The van der Waals surface area contributed by atoms with Crippen LogP contribution < -0.4 is 5.32 Å². The fourth-order valence-corrected chi connectivity index (χ4v) is 2.78. The molecule has 2 rings (SSSR count). The summed E-state index contributed by atoms with van der Waals surface area (Å²) in [4.78, 5) is 27.1. The summed E-state index contributed by atoms with van der Waals surface area (Å²) >= 11 is 0. The van der Waals surface area contributed by atoms with Gasteiger partial charge in [0.25, 0.3) is 5.91 Å². The molecule has 19 heavy (non-hydrogen) atoms. The van der Waals surface area contributed by atoms with E-state index in [2.05, 4.69) is 10.2 Å². The molecule has 1 atom stereocenters. The second-order valence-electron chi connectivity index (χ2n) is 6.39. The molecule has 0 aromatic heterocycles. The number of rotatable bonds is 3. The van der Waals surface area contributed by atoms with Crippen LogP contribution in [0.1, 0.15) is 33.6 Å². The SMILES string of the molecule is CC1(O)CCCN(CCN2C(=O)NC(C)(C)C2=O)C1. The third-order valence-electron chi connectivity index (χ3n) is 3.84. The molecular formula is C13H23N3O3. The molecule has 0 saturated carbocycles. The molecule has 1 unspecified atom stereocenters. The van der Waals surface area contributed by atoms with Crippen LogP contribution in [0.5, 0.6) is 0 Å². The van der Waals surface area contributed by atoms with E-state index in [9.17, 15) is 14.7 Å². The van der Waals surface area contributed by atoms with Gasteiger partial charge in [0, 0.05) is 19.6 Å². The summed E-state index contributed by atoms with van der Waals surface area (Å²) < 4.78 is 0. The van der Waals surface area contributed by atoms with Crippen molar-refractivity contribution < 1.29 is 14.7 Å². The molecule has 2 N–H and O–H groups in total. The summed E-state index contributed by atoms with van der Waals surface area (Å²) in [5, 5.41) is 12.7. The molecule has 0 radical (unpaired) electrons. The molecule has 0 aliphatic carbocycles. The van der Waals surface area contributed by atoms with Gasteiger partial charge in [0.2, 0.25) is 0 Å². The highest BCUT2D eigenvalue weighted by Gasteiger charge is 2.44. The van der Waals surface area contributed by atoms with E-state index in [0.29, 0.717) is 19.6 Å². The summed E-state index contributed by atoms with van der Waals surface area (Å²) in [5.41, 5.74) is -1.46. The second-order valence-corrected chi connectivity index (χ2v) is 6.39. The minimum atomic E-state index is -0.801. The van der Waals surface area contributed by atoms with Crippen molar-refractivity contribution in [2.45, 2.75) is 44.8 Å². The van der Waals surface area contributed by atoms with Crippen LogP contribution in [0.4, 0.5) is 4.79 Å². The lowest BCUT2D eigenvalue weighted by molar-refractivity contribution is -0.130. The van der Waals surface area contributed by atoms with E-state index in [4.69, 9.17) is 0 Å². The first-order valence-corrected chi connectivity index (χ1v) is 6.80. The Morgan fingerprint density at radius 2 is 1.95 bits per heavy atom. The predicted octanol–water partition coefficient (Wildman–Crippen LogP) is 0.164. The summed E-state index contributed by atoms with van der Waals surface area (Å²) in [6.45, 7) is 7.74. The molecule has 2 aliphatic heterocycles. The summed E-state index contributed by atoms with van der Waals surface area (Å²) in [6, 6.07) is -0.321. The molecule has 108 valence electrons. The Morgan fingerprint density at radius 3 is 2.47 bits per heavy atom. The van der Waals surface area contributed by atoms with Crippen LogP contribution in [0.2, 0.25) is 0 Å². The van der Waals surface area contributed by atoms with E-state index in [1.54, 1.807) is 13.8 Å². The number of urea groups is 1. The molecule has 2 aliphatic rings. The zero-order valence-electron chi connectivity index (χ0n) is 11.9. The standard InChI is InChI=1S/C13H23N3O3/c1-12(2)10(17)16(11(18)14-12)8-7-15-6-4-5-13(3,19)9-15/h19H,4-9H2,1-3H3,(H,14,18). The van der Waals surface area contributed by atoms with Gasteiger partial charge in [-0.15, -0.1) is 0 Å². The van der Waals surface area contributed by atoms with Crippen LogP contribution in [0, 0.1) is 0 Å². The zero-order valence-corrected chi connectivity index (χ0v) is 11.9. The van der Waals surface area contributed by atoms with Crippen molar-refractivity contribution in [3.63, 3.8) is 0 Å². The average molecular weight is 269 g/mol. The van der Waals surface area contributed by atoms with Gasteiger partial charge < -0.3 is 10.4 Å². The first-order valence-electron chi connectivity index (χ1n) is 6.80. The monoisotopic (exact) mass is 269 g/mol. The predicted molar refractivity (Wildman–Crippen MR) is 70.6 cm³/mol. The van der Waals surface area contributed by atoms with Crippen molar-refractivity contribution in [1.29, 1.82) is 0 Å². The molecular weight excluding hydrogens is 246 g/mol.